The Morgan fingerprint density at radius 3 is 2.60 bits per heavy atom. The van der Waals surface area contributed by atoms with E-state index in [0.717, 1.165) is 0 Å². The molecule has 0 amide bonds. The summed E-state index contributed by atoms with van der Waals surface area (Å²) in [5.74, 6) is 5.95. The van der Waals surface area contributed by atoms with Crippen molar-refractivity contribution in [2.45, 2.75) is 45.4 Å². The number of benzene rings is 1. The fraction of sp³-hybridized carbons (Fsp3) is 0.600. The first-order valence-electron chi connectivity index (χ1n) is 7.00. The van der Waals surface area contributed by atoms with Crippen LogP contribution in [0.15, 0.2) is 18.2 Å². The van der Waals surface area contributed by atoms with E-state index in [2.05, 4.69) is 19.3 Å². The number of hydrogen-bond acceptors (Lipinski definition) is 3. The molecule has 0 spiro atoms. The third kappa shape index (κ3) is 2.98. The first-order chi connectivity index (χ1) is 9.45. The third-order valence-electron chi connectivity index (χ3n) is 4.47. The van der Waals surface area contributed by atoms with E-state index in [4.69, 9.17) is 22.2 Å². The largest absolute Gasteiger partial charge is 0.375 e. The van der Waals surface area contributed by atoms with E-state index in [1.54, 1.807) is 18.2 Å². The second-order valence-electron chi connectivity index (χ2n) is 5.67. The lowest BCUT2D eigenvalue weighted by molar-refractivity contribution is 0.0475. The quantitative estimate of drug-likeness (QED) is 0.664. The second kappa shape index (κ2) is 6.39. The summed E-state index contributed by atoms with van der Waals surface area (Å²) in [5.41, 5.74) is 3.41. The van der Waals surface area contributed by atoms with Gasteiger partial charge in [-0.05, 0) is 37.8 Å². The van der Waals surface area contributed by atoms with Gasteiger partial charge in [0.15, 0.2) is 0 Å². The lowest BCUT2D eigenvalue weighted by Gasteiger charge is -2.28. The van der Waals surface area contributed by atoms with E-state index in [-0.39, 0.29) is 35.0 Å². The van der Waals surface area contributed by atoms with Gasteiger partial charge in [0.2, 0.25) is 0 Å². The van der Waals surface area contributed by atoms with Gasteiger partial charge in [-0.3, -0.25) is 11.3 Å². The third-order valence-corrected chi connectivity index (χ3v) is 4.76. The minimum absolute atomic E-state index is 0.0436. The molecule has 0 bridgehead atoms. The zero-order valence-electron chi connectivity index (χ0n) is 12.1. The van der Waals surface area contributed by atoms with Gasteiger partial charge >= 0.3 is 0 Å². The molecule has 2 rings (SSSR count). The SMILES string of the molecule is CC1OC(C)C(C(Cc2cccc(Cl)c2F)NN)C1C. The van der Waals surface area contributed by atoms with Crippen LogP contribution >= 0.6 is 11.6 Å². The van der Waals surface area contributed by atoms with Crippen molar-refractivity contribution in [1.82, 2.24) is 5.43 Å². The molecule has 0 radical (unpaired) electrons. The van der Waals surface area contributed by atoms with Crippen LogP contribution < -0.4 is 11.3 Å². The van der Waals surface area contributed by atoms with E-state index in [9.17, 15) is 4.39 Å². The molecule has 1 aromatic rings. The number of ether oxygens (including phenoxy) is 1. The first-order valence-corrected chi connectivity index (χ1v) is 7.38. The topological polar surface area (TPSA) is 47.3 Å². The van der Waals surface area contributed by atoms with Crippen LogP contribution in [0.3, 0.4) is 0 Å². The highest BCUT2D eigenvalue weighted by Gasteiger charge is 2.41. The second-order valence-corrected chi connectivity index (χ2v) is 6.08. The van der Waals surface area contributed by atoms with Crippen molar-refractivity contribution in [3.8, 4) is 0 Å². The summed E-state index contributed by atoms with van der Waals surface area (Å²) < 4.78 is 19.9. The minimum Gasteiger partial charge on any atom is -0.375 e. The van der Waals surface area contributed by atoms with Gasteiger partial charge in [-0.15, -0.1) is 0 Å². The highest BCUT2D eigenvalue weighted by molar-refractivity contribution is 6.30. The van der Waals surface area contributed by atoms with Crippen LogP contribution in [-0.2, 0) is 11.2 Å². The summed E-state index contributed by atoms with van der Waals surface area (Å²) in [6, 6.07) is 5.02. The molecule has 0 aliphatic carbocycles. The summed E-state index contributed by atoms with van der Waals surface area (Å²) >= 11 is 5.83. The molecule has 1 aliphatic heterocycles. The van der Waals surface area contributed by atoms with Gasteiger partial charge in [-0.1, -0.05) is 30.7 Å². The van der Waals surface area contributed by atoms with E-state index in [0.29, 0.717) is 17.9 Å². The Hall–Kier alpha value is -0.680. The fourth-order valence-corrected chi connectivity index (χ4v) is 3.43. The smallest absolute Gasteiger partial charge is 0.145 e. The fourth-order valence-electron chi connectivity index (χ4n) is 3.24. The summed E-state index contributed by atoms with van der Waals surface area (Å²) in [5, 5.41) is 0.149. The highest BCUT2D eigenvalue weighted by Crippen LogP contribution is 2.35. The van der Waals surface area contributed by atoms with E-state index in [1.165, 1.54) is 0 Å². The molecule has 5 unspecified atom stereocenters. The maximum atomic E-state index is 14.0. The molecule has 20 heavy (non-hydrogen) atoms. The van der Waals surface area contributed by atoms with E-state index >= 15 is 0 Å². The van der Waals surface area contributed by atoms with Crippen LogP contribution in [0.4, 0.5) is 4.39 Å². The standard InChI is InChI=1S/C15H22ClFN2O/c1-8-9(2)20-10(3)14(8)13(19-18)7-11-5-4-6-12(16)15(11)17/h4-6,8-10,13-14,19H,7,18H2,1-3H3. The van der Waals surface area contributed by atoms with E-state index in [1.807, 2.05) is 6.92 Å². The Labute approximate surface area is 124 Å². The Balaban J connectivity index is 2.19. The van der Waals surface area contributed by atoms with Crippen LogP contribution in [0.5, 0.6) is 0 Å². The number of nitrogens with one attached hydrogen (secondary N) is 1. The van der Waals surface area contributed by atoms with E-state index < -0.39 is 0 Å². The molecular formula is C15H22ClFN2O. The zero-order valence-corrected chi connectivity index (χ0v) is 12.8. The summed E-state index contributed by atoms with van der Waals surface area (Å²) in [6.45, 7) is 6.26. The average Bonchev–Trinajstić information content (AvgIpc) is 2.66. The van der Waals surface area contributed by atoms with Gasteiger partial charge in [-0.2, -0.15) is 0 Å². The van der Waals surface area contributed by atoms with Crippen LogP contribution in [-0.4, -0.2) is 18.2 Å². The summed E-state index contributed by atoms with van der Waals surface area (Å²) in [7, 11) is 0. The average molecular weight is 301 g/mol. The maximum absolute atomic E-state index is 14.0. The molecule has 112 valence electrons. The lowest BCUT2D eigenvalue weighted by Crippen LogP contribution is -2.46. The molecular weight excluding hydrogens is 279 g/mol. The zero-order chi connectivity index (χ0) is 14.9. The number of rotatable bonds is 4. The predicted molar refractivity (Wildman–Crippen MR) is 78.9 cm³/mol. The van der Waals surface area contributed by atoms with Crippen molar-refractivity contribution in [2.75, 3.05) is 0 Å². The summed E-state index contributed by atoms with van der Waals surface area (Å²) in [4.78, 5) is 0. The molecule has 1 saturated heterocycles. The first kappa shape index (κ1) is 15.7. The van der Waals surface area contributed by atoms with Crippen LogP contribution in [0.1, 0.15) is 26.3 Å². The van der Waals surface area contributed by atoms with Gasteiger partial charge in [0.05, 0.1) is 17.2 Å². The maximum Gasteiger partial charge on any atom is 0.145 e. The number of hydrogen-bond donors (Lipinski definition) is 2. The molecule has 1 aliphatic rings. The Kier molecular flexibility index (Phi) is 5.02. The predicted octanol–water partition coefficient (Wildman–Crippen LogP) is 2.91. The van der Waals surface area contributed by atoms with Crippen LogP contribution in [0.25, 0.3) is 0 Å². The minimum atomic E-state index is -0.360. The molecule has 1 aromatic carbocycles. The van der Waals surface area contributed by atoms with Gasteiger partial charge in [0, 0.05) is 12.0 Å². The summed E-state index contributed by atoms with van der Waals surface area (Å²) in [6.07, 6.45) is 0.788. The normalized spacial score (nSPS) is 31.5. The van der Waals surface area contributed by atoms with Gasteiger partial charge in [-0.25, -0.2) is 4.39 Å². The molecule has 0 saturated carbocycles. The Morgan fingerprint density at radius 1 is 1.35 bits per heavy atom. The van der Waals surface area contributed by atoms with Crippen molar-refractivity contribution >= 4 is 11.6 Å². The number of nitrogens with two attached hydrogens (primary N) is 1. The monoisotopic (exact) mass is 300 g/mol. The molecule has 5 heteroatoms. The van der Waals surface area contributed by atoms with Crippen molar-refractivity contribution < 1.29 is 9.13 Å². The Bertz CT molecular complexity index is 471. The molecule has 1 heterocycles. The van der Waals surface area contributed by atoms with Crippen molar-refractivity contribution in [3.63, 3.8) is 0 Å². The van der Waals surface area contributed by atoms with Crippen LogP contribution in [0.2, 0.25) is 5.02 Å². The Morgan fingerprint density at radius 2 is 2.05 bits per heavy atom. The lowest BCUT2D eigenvalue weighted by atomic mass is 9.81. The van der Waals surface area contributed by atoms with Crippen molar-refractivity contribution in [1.29, 1.82) is 0 Å². The van der Waals surface area contributed by atoms with Gasteiger partial charge in [0.1, 0.15) is 5.82 Å². The van der Waals surface area contributed by atoms with Crippen molar-refractivity contribution in [3.05, 3.63) is 34.6 Å². The van der Waals surface area contributed by atoms with Gasteiger partial charge in [0.25, 0.3) is 0 Å². The number of hydrazine groups is 1. The van der Waals surface area contributed by atoms with Crippen molar-refractivity contribution in [2.24, 2.45) is 17.7 Å². The van der Waals surface area contributed by atoms with Gasteiger partial charge < -0.3 is 4.74 Å². The number of halogens is 2. The molecule has 3 N–H and O–H groups in total. The molecule has 3 nitrogen and oxygen atoms in total. The molecule has 0 aromatic heterocycles. The molecule has 1 fully saturated rings. The molecule has 5 atom stereocenters. The highest BCUT2D eigenvalue weighted by atomic mass is 35.5. The van der Waals surface area contributed by atoms with Crippen LogP contribution in [0, 0.1) is 17.7 Å².